The van der Waals surface area contributed by atoms with Crippen LogP contribution < -0.4 is 5.32 Å². The molecular weight excluding hydrogens is 346 g/mol. The lowest BCUT2D eigenvalue weighted by atomic mass is 10.1. The number of carboxylic acids is 1. The number of carbonyl (C=O) groups excluding carboxylic acids is 1. The predicted octanol–water partition coefficient (Wildman–Crippen LogP) is 3.62. The molecule has 0 radical (unpaired) electrons. The van der Waals surface area contributed by atoms with Gasteiger partial charge in [-0.25, -0.2) is 4.79 Å². The average Bonchev–Trinajstić information content (AvgIpc) is 3.26. The number of aliphatic carboxylic acids is 1. The van der Waals surface area contributed by atoms with E-state index in [1.807, 2.05) is 0 Å². The number of hydrogen-bond acceptors (Lipinski definition) is 4. The molecule has 0 aliphatic heterocycles. The van der Waals surface area contributed by atoms with E-state index in [0.29, 0.717) is 16.5 Å². The van der Waals surface area contributed by atoms with Gasteiger partial charge in [-0.3, -0.25) is 4.79 Å². The summed E-state index contributed by atoms with van der Waals surface area (Å²) < 4.78 is 10.6. The summed E-state index contributed by atoms with van der Waals surface area (Å²) in [5.41, 5.74) is 0.758. The topological polar surface area (TPSA) is 92.7 Å². The van der Waals surface area contributed by atoms with Crippen molar-refractivity contribution in [3.63, 3.8) is 0 Å². The van der Waals surface area contributed by atoms with Gasteiger partial charge in [-0.1, -0.05) is 11.6 Å². The highest BCUT2D eigenvalue weighted by molar-refractivity contribution is 6.30. The molecule has 7 heteroatoms. The number of amides is 1. The number of carboxylic acid groups (broad SMARTS) is 1. The molecule has 2 heterocycles. The molecule has 0 saturated carbocycles. The van der Waals surface area contributed by atoms with Crippen molar-refractivity contribution in [3.05, 3.63) is 71.3 Å². The molecule has 6 nitrogen and oxygen atoms in total. The lowest BCUT2D eigenvalue weighted by molar-refractivity contribution is -0.139. The molecule has 3 aromatic rings. The Balaban J connectivity index is 1.71. The monoisotopic (exact) mass is 359 g/mol. The normalized spacial score (nSPS) is 11.9. The third kappa shape index (κ3) is 4.10. The van der Waals surface area contributed by atoms with Crippen molar-refractivity contribution in [2.24, 2.45) is 0 Å². The first-order chi connectivity index (χ1) is 12.0. The van der Waals surface area contributed by atoms with Crippen molar-refractivity contribution in [1.29, 1.82) is 0 Å². The van der Waals surface area contributed by atoms with Crippen LogP contribution in [0, 0.1) is 0 Å². The minimum absolute atomic E-state index is 0.0237. The Morgan fingerprint density at radius 1 is 1.12 bits per heavy atom. The Labute approximate surface area is 148 Å². The van der Waals surface area contributed by atoms with E-state index in [2.05, 4.69) is 5.32 Å². The van der Waals surface area contributed by atoms with E-state index in [-0.39, 0.29) is 12.2 Å². The number of carbonyl (C=O) groups is 2. The number of halogens is 1. The highest BCUT2D eigenvalue weighted by atomic mass is 35.5. The number of hydrogen-bond donors (Lipinski definition) is 2. The Morgan fingerprint density at radius 3 is 2.52 bits per heavy atom. The molecule has 0 aliphatic carbocycles. The molecule has 25 heavy (non-hydrogen) atoms. The molecule has 0 aliphatic rings. The van der Waals surface area contributed by atoms with E-state index >= 15 is 0 Å². The van der Waals surface area contributed by atoms with Gasteiger partial charge in [0.25, 0.3) is 5.91 Å². The first kappa shape index (κ1) is 16.9. The largest absolute Gasteiger partial charge is 0.480 e. The van der Waals surface area contributed by atoms with Crippen molar-refractivity contribution >= 4 is 23.5 Å². The molecule has 3 rings (SSSR count). The maximum Gasteiger partial charge on any atom is 0.326 e. The maximum absolute atomic E-state index is 12.3. The summed E-state index contributed by atoms with van der Waals surface area (Å²) in [5, 5.41) is 12.3. The number of rotatable bonds is 6. The smallest absolute Gasteiger partial charge is 0.326 e. The third-order valence-electron chi connectivity index (χ3n) is 3.55. The van der Waals surface area contributed by atoms with Crippen molar-refractivity contribution in [2.75, 3.05) is 0 Å². The van der Waals surface area contributed by atoms with Crippen LogP contribution in [0.4, 0.5) is 0 Å². The molecule has 0 saturated heterocycles. The van der Waals surface area contributed by atoms with Gasteiger partial charge in [0.15, 0.2) is 5.76 Å². The summed E-state index contributed by atoms with van der Waals surface area (Å²) in [6.45, 7) is 0. The summed E-state index contributed by atoms with van der Waals surface area (Å²) in [6.07, 6.45) is 1.49. The van der Waals surface area contributed by atoms with E-state index < -0.39 is 17.9 Å². The SMILES string of the molecule is O=C(N[C@H](Cc1ccco1)C(=O)O)c1ccc(-c2ccc(Cl)cc2)o1. The third-order valence-corrected chi connectivity index (χ3v) is 3.80. The van der Waals surface area contributed by atoms with Crippen LogP contribution in [0.25, 0.3) is 11.3 Å². The maximum atomic E-state index is 12.3. The van der Waals surface area contributed by atoms with Gasteiger partial charge in [0.05, 0.1) is 6.26 Å². The summed E-state index contributed by atoms with van der Waals surface area (Å²) in [4.78, 5) is 23.6. The second kappa shape index (κ2) is 7.27. The van der Waals surface area contributed by atoms with Gasteiger partial charge in [-0.15, -0.1) is 0 Å². The van der Waals surface area contributed by atoms with Gasteiger partial charge >= 0.3 is 5.97 Å². The van der Waals surface area contributed by atoms with Crippen LogP contribution in [-0.2, 0) is 11.2 Å². The highest BCUT2D eigenvalue weighted by Gasteiger charge is 2.24. The summed E-state index contributed by atoms with van der Waals surface area (Å²) >= 11 is 5.84. The number of furan rings is 2. The van der Waals surface area contributed by atoms with E-state index in [9.17, 15) is 14.7 Å². The van der Waals surface area contributed by atoms with E-state index in [1.54, 1.807) is 42.5 Å². The van der Waals surface area contributed by atoms with Crippen LogP contribution in [0.15, 0.2) is 63.6 Å². The van der Waals surface area contributed by atoms with Crippen LogP contribution in [0.1, 0.15) is 16.3 Å². The number of nitrogens with one attached hydrogen (secondary N) is 1. The zero-order chi connectivity index (χ0) is 17.8. The van der Waals surface area contributed by atoms with Gasteiger partial charge in [-0.05, 0) is 48.5 Å². The van der Waals surface area contributed by atoms with Gasteiger partial charge in [-0.2, -0.15) is 0 Å². The molecule has 2 aromatic heterocycles. The van der Waals surface area contributed by atoms with Crippen LogP contribution in [0.2, 0.25) is 5.02 Å². The molecule has 0 bridgehead atoms. The van der Waals surface area contributed by atoms with Gasteiger partial charge in [0.2, 0.25) is 0 Å². The first-order valence-corrected chi connectivity index (χ1v) is 7.82. The Kier molecular flexibility index (Phi) is 4.90. The minimum Gasteiger partial charge on any atom is -0.480 e. The predicted molar refractivity (Wildman–Crippen MR) is 90.5 cm³/mol. The Hall–Kier alpha value is -2.99. The van der Waals surface area contributed by atoms with Crippen molar-refractivity contribution in [1.82, 2.24) is 5.32 Å². The van der Waals surface area contributed by atoms with Crippen LogP contribution in [-0.4, -0.2) is 23.0 Å². The van der Waals surface area contributed by atoms with Crippen molar-refractivity contribution in [2.45, 2.75) is 12.5 Å². The zero-order valence-corrected chi connectivity index (χ0v) is 13.7. The average molecular weight is 360 g/mol. The minimum atomic E-state index is -1.16. The van der Waals surface area contributed by atoms with E-state index in [1.165, 1.54) is 12.3 Å². The molecule has 1 amide bonds. The first-order valence-electron chi connectivity index (χ1n) is 7.45. The molecular formula is C18H14ClNO5. The second-order valence-electron chi connectivity index (χ2n) is 5.32. The molecule has 0 fully saturated rings. The quantitative estimate of drug-likeness (QED) is 0.701. The van der Waals surface area contributed by atoms with Gasteiger partial charge < -0.3 is 19.3 Å². The number of benzene rings is 1. The fourth-order valence-corrected chi connectivity index (χ4v) is 2.41. The zero-order valence-electron chi connectivity index (χ0n) is 12.9. The van der Waals surface area contributed by atoms with Gasteiger partial charge in [0.1, 0.15) is 17.6 Å². The lowest BCUT2D eigenvalue weighted by Crippen LogP contribution is -2.42. The highest BCUT2D eigenvalue weighted by Crippen LogP contribution is 2.23. The Morgan fingerprint density at radius 2 is 1.88 bits per heavy atom. The molecule has 0 spiro atoms. The standard InChI is InChI=1S/C18H14ClNO5/c19-12-5-3-11(4-6-12)15-7-8-16(25-15)17(21)20-14(18(22)23)10-13-2-1-9-24-13/h1-9,14H,10H2,(H,20,21)(H,22,23)/t14-/m1/s1. The van der Waals surface area contributed by atoms with Crippen molar-refractivity contribution < 1.29 is 23.5 Å². The molecule has 1 atom stereocenters. The van der Waals surface area contributed by atoms with E-state index in [4.69, 9.17) is 20.4 Å². The fourth-order valence-electron chi connectivity index (χ4n) is 2.29. The molecule has 128 valence electrons. The molecule has 0 unspecified atom stereocenters. The van der Waals surface area contributed by atoms with E-state index in [0.717, 1.165) is 5.56 Å². The second-order valence-corrected chi connectivity index (χ2v) is 5.75. The van der Waals surface area contributed by atoms with Crippen LogP contribution >= 0.6 is 11.6 Å². The Bertz CT molecular complexity index is 867. The summed E-state index contributed by atoms with van der Waals surface area (Å²) in [7, 11) is 0. The molecule has 2 N–H and O–H groups in total. The summed E-state index contributed by atoms with van der Waals surface area (Å²) in [6, 6.07) is 12.3. The fraction of sp³-hybridized carbons (Fsp3) is 0.111. The van der Waals surface area contributed by atoms with Gasteiger partial charge in [0, 0.05) is 17.0 Å². The van der Waals surface area contributed by atoms with Crippen molar-refractivity contribution in [3.8, 4) is 11.3 Å². The summed E-state index contributed by atoms with van der Waals surface area (Å²) in [5.74, 6) is -0.794. The molecule has 1 aromatic carbocycles. The lowest BCUT2D eigenvalue weighted by Gasteiger charge is -2.12. The van der Waals surface area contributed by atoms with Crippen LogP contribution in [0.3, 0.4) is 0 Å². The van der Waals surface area contributed by atoms with Crippen LogP contribution in [0.5, 0.6) is 0 Å².